The summed E-state index contributed by atoms with van der Waals surface area (Å²) in [6, 6.07) is 0. The number of thiol groups is 1. The largest absolute Gasteiger partial charge is 0.378 e. The van der Waals surface area contributed by atoms with Gasteiger partial charge in [0.05, 0.1) is 12.7 Å². The predicted molar refractivity (Wildman–Crippen MR) is 60.5 cm³/mol. The van der Waals surface area contributed by atoms with Gasteiger partial charge in [0.15, 0.2) is 0 Å². The Balaban J connectivity index is 2.11. The van der Waals surface area contributed by atoms with Gasteiger partial charge in [-0.05, 0) is 24.5 Å². The van der Waals surface area contributed by atoms with E-state index in [9.17, 15) is 0 Å². The number of rotatable bonds is 4. The monoisotopic (exact) mass is 202 g/mol. The number of hydrogen-bond donors (Lipinski definition) is 1. The van der Waals surface area contributed by atoms with Crippen molar-refractivity contribution in [3.05, 3.63) is 0 Å². The van der Waals surface area contributed by atoms with E-state index >= 15 is 0 Å². The lowest BCUT2D eigenvalue weighted by molar-refractivity contribution is 0.0278. The van der Waals surface area contributed by atoms with Crippen LogP contribution in [0.3, 0.4) is 0 Å². The van der Waals surface area contributed by atoms with E-state index in [2.05, 4.69) is 19.6 Å². The molecule has 0 amide bonds. The average Bonchev–Trinajstić information content (AvgIpc) is 2.42. The van der Waals surface area contributed by atoms with Crippen LogP contribution in [0.25, 0.3) is 0 Å². The van der Waals surface area contributed by atoms with E-state index in [-0.39, 0.29) is 0 Å². The van der Waals surface area contributed by atoms with Gasteiger partial charge in [-0.2, -0.15) is 12.6 Å². The van der Waals surface area contributed by atoms with Gasteiger partial charge >= 0.3 is 0 Å². The first-order valence-corrected chi connectivity index (χ1v) is 6.18. The molecule has 1 fully saturated rings. The van der Waals surface area contributed by atoms with Crippen molar-refractivity contribution in [1.29, 1.82) is 0 Å². The van der Waals surface area contributed by atoms with Gasteiger partial charge in [-0.3, -0.25) is 0 Å². The van der Waals surface area contributed by atoms with Crippen molar-refractivity contribution in [3.8, 4) is 0 Å². The molecule has 1 saturated carbocycles. The van der Waals surface area contributed by atoms with Crippen molar-refractivity contribution in [2.75, 3.05) is 12.4 Å². The molecule has 2 heteroatoms. The first kappa shape index (κ1) is 11.4. The van der Waals surface area contributed by atoms with Crippen LogP contribution in [0.2, 0.25) is 0 Å². The molecule has 0 aromatic carbocycles. The Bertz CT molecular complexity index is 119. The fourth-order valence-corrected chi connectivity index (χ4v) is 1.87. The zero-order valence-electron chi connectivity index (χ0n) is 8.67. The minimum absolute atomic E-state index is 0.546. The Kier molecular flexibility index (Phi) is 5.88. The topological polar surface area (TPSA) is 9.23 Å². The molecular formula is C11H22OS. The number of ether oxygens (including phenoxy) is 1. The third kappa shape index (κ3) is 4.92. The molecule has 1 rings (SSSR count). The maximum Gasteiger partial charge on any atom is 0.0575 e. The summed E-state index contributed by atoms with van der Waals surface area (Å²) >= 11 is 4.25. The standard InChI is InChI=1S/C11H22OS/c1-10(9-13)8-12-11-6-4-2-3-5-7-11/h10-11,13H,2-9H2,1H3. The molecule has 0 aliphatic heterocycles. The summed E-state index contributed by atoms with van der Waals surface area (Å²) < 4.78 is 5.87. The van der Waals surface area contributed by atoms with Crippen LogP contribution in [0, 0.1) is 5.92 Å². The quantitative estimate of drug-likeness (QED) is 0.543. The third-order valence-corrected chi connectivity index (χ3v) is 3.35. The van der Waals surface area contributed by atoms with Crippen LogP contribution in [-0.4, -0.2) is 18.5 Å². The maximum atomic E-state index is 5.87. The number of hydrogen-bond acceptors (Lipinski definition) is 2. The highest BCUT2D eigenvalue weighted by molar-refractivity contribution is 7.80. The van der Waals surface area contributed by atoms with Gasteiger partial charge in [0.25, 0.3) is 0 Å². The Morgan fingerprint density at radius 1 is 1.23 bits per heavy atom. The molecule has 1 nitrogen and oxygen atoms in total. The van der Waals surface area contributed by atoms with Crippen molar-refractivity contribution in [2.24, 2.45) is 5.92 Å². The second kappa shape index (κ2) is 6.72. The summed E-state index contributed by atoms with van der Waals surface area (Å²) in [6.45, 7) is 3.10. The maximum absolute atomic E-state index is 5.87. The van der Waals surface area contributed by atoms with Crippen molar-refractivity contribution < 1.29 is 4.74 Å². The van der Waals surface area contributed by atoms with E-state index in [1.165, 1.54) is 38.5 Å². The highest BCUT2D eigenvalue weighted by atomic mass is 32.1. The minimum atomic E-state index is 0.546. The molecule has 0 spiro atoms. The Morgan fingerprint density at radius 2 is 1.85 bits per heavy atom. The van der Waals surface area contributed by atoms with E-state index in [0.29, 0.717) is 12.0 Å². The van der Waals surface area contributed by atoms with Crippen LogP contribution >= 0.6 is 12.6 Å². The normalized spacial score (nSPS) is 22.6. The first-order valence-electron chi connectivity index (χ1n) is 5.55. The van der Waals surface area contributed by atoms with Crippen LogP contribution in [0.15, 0.2) is 0 Å². The van der Waals surface area contributed by atoms with Crippen molar-refractivity contribution in [2.45, 2.75) is 51.6 Å². The molecule has 78 valence electrons. The lowest BCUT2D eigenvalue weighted by atomic mass is 10.1. The summed E-state index contributed by atoms with van der Waals surface area (Å²) in [6.07, 6.45) is 8.63. The fraction of sp³-hybridized carbons (Fsp3) is 1.00. The molecule has 13 heavy (non-hydrogen) atoms. The van der Waals surface area contributed by atoms with E-state index in [4.69, 9.17) is 4.74 Å². The van der Waals surface area contributed by atoms with Crippen LogP contribution < -0.4 is 0 Å². The lowest BCUT2D eigenvalue weighted by Gasteiger charge is -2.17. The molecule has 0 saturated heterocycles. The highest BCUT2D eigenvalue weighted by Crippen LogP contribution is 2.20. The van der Waals surface area contributed by atoms with Gasteiger partial charge < -0.3 is 4.74 Å². The lowest BCUT2D eigenvalue weighted by Crippen LogP contribution is -2.17. The van der Waals surface area contributed by atoms with Gasteiger partial charge in [0.2, 0.25) is 0 Å². The van der Waals surface area contributed by atoms with Gasteiger partial charge in [0, 0.05) is 0 Å². The molecule has 0 N–H and O–H groups in total. The molecule has 1 atom stereocenters. The average molecular weight is 202 g/mol. The summed E-state index contributed by atoms with van der Waals surface area (Å²) in [7, 11) is 0. The zero-order chi connectivity index (χ0) is 9.52. The van der Waals surface area contributed by atoms with Gasteiger partial charge in [-0.25, -0.2) is 0 Å². The smallest absolute Gasteiger partial charge is 0.0575 e. The third-order valence-electron chi connectivity index (χ3n) is 2.73. The summed E-state index contributed by atoms with van der Waals surface area (Å²) in [5.74, 6) is 1.54. The molecule has 0 radical (unpaired) electrons. The Morgan fingerprint density at radius 3 is 2.38 bits per heavy atom. The van der Waals surface area contributed by atoms with Crippen LogP contribution in [0.1, 0.15) is 45.4 Å². The van der Waals surface area contributed by atoms with E-state index in [1.54, 1.807) is 0 Å². The second-order valence-electron chi connectivity index (χ2n) is 4.23. The van der Waals surface area contributed by atoms with Crippen molar-refractivity contribution in [3.63, 3.8) is 0 Å². The van der Waals surface area contributed by atoms with Gasteiger partial charge in [-0.1, -0.05) is 32.6 Å². The molecule has 0 bridgehead atoms. The van der Waals surface area contributed by atoms with Crippen LogP contribution in [-0.2, 0) is 4.74 Å². The van der Waals surface area contributed by atoms with Crippen molar-refractivity contribution >= 4 is 12.6 Å². The predicted octanol–water partition coefficient (Wildman–Crippen LogP) is 3.29. The first-order chi connectivity index (χ1) is 6.33. The zero-order valence-corrected chi connectivity index (χ0v) is 9.56. The molecule has 0 aromatic rings. The highest BCUT2D eigenvalue weighted by Gasteiger charge is 2.13. The molecule has 1 aliphatic rings. The Labute approximate surface area is 87.7 Å². The van der Waals surface area contributed by atoms with Crippen molar-refractivity contribution in [1.82, 2.24) is 0 Å². The molecule has 1 aliphatic carbocycles. The molecule has 0 aromatic heterocycles. The van der Waals surface area contributed by atoms with E-state index < -0.39 is 0 Å². The van der Waals surface area contributed by atoms with Gasteiger partial charge in [-0.15, -0.1) is 0 Å². The molecule has 1 unspecified atom stereocenters. The SMILES string of the molecule is CC(CS)COC1CCCCCC1. The minimum Gasteiger partial charge on any atom is -0.378 e. The summed E-state index contributed by atoms with van der Waals surface area (Å²) in [4.78, 5) is 0. The molecule has 0 heterocycles. The summed E-state index contributed by atoms with van der Waals surface area (Å²) in [5, 5.41) is 0. The van der Waals surface area contributed by atoms with Crippen LogP contribution in [0.5, 0.6) is 0 Å². The summed E-state index contributed by atoms with van der Waals surface area (Å²) in [5.41, 5.74) is 0. The van der Waals surface area contributed by atoms with Gasteiger partial charge in [0.1, 0.15) is 0 Å². The molecular weight excluding hydrogens is 180 g/mol. The Hall–Kier alpha value is 0.310. The fourth-order valence-electron chi connectivity index (χ4n) is 1.76. The van der Waals surface area contributed by atoms with Crippen LogP contribution in [0.4, 0.5) is 0 Å². The van der Waals surface area contributed by atoms with E-state index in [1.807, 2.05) is 0 Å². The second-order valence-corrected chi connectivity index (χ2v) is 4.60. The van der Waals surface area contributed by atoms with E-state index in [0.717, 1.165) is 12.4 Å².